The molecule has 0 aromatic carbocycles. The van der Waals surface area contributed by atoms with Gasteiger partial charge in [-0.3, -0.25) is 9.48 Å². The molecule has 1 aromatic heterocycles. The van der Waals surface area contributed by atoms with Crippen molar-refractivity contribution in [2.45, 2.75) is 0 Å². The van der Waals surface area contributed by atoms with Gasteiger partial charge in [0.05, 0.1) is 11.9 Å². The first-order valence-electron chi connectivity index (χ1n) is 3.53. The number of nitrogen functional groups attached to an aromatic ring is 1. The zero-order valence-electron chi connectivity index (χ0n) is 7.40. The van der Waals surface area contributed by atoms with Gasteiger partial charge in [0.15, 0.2) is 0 Å². The molecule has 0 saturated heterocycles. The summed E-state index contributed by atoms with van der Waals surface area (Å²) in [5, 5.41) is 3.86. The van der Waals surface area contributed by atoms with Crippen molar-refractivity contribution in [3.05, 3.63) is 11.9 Å². The maximum Gasteiger partial charge on any atom is 0.273 e. The van der Waals surface area contributed by atoms with Crippen LogP contribution in [0.2, 0.25) is 0 Å². The predicted molar refractivity (Wildman–Crippen MR) is 45.6 cm³/mol. The lowest BCUT2D eigenvalue weighted by Gasteiger charge is -2.10. The number of hydrogen-bond acceptors (Lipinski definition) is 3. The van der Waals surface area contributed by atoms with Crippen molar-refractivity contribution in [2.75, 3.05) is 19.8 Å². The molecule has 0 bridgehead atoms. The van der Waals surface area contributed by atoms with Crippen molar-refractivity contribution < 1.29 is 4.79 Å². The Bertz CT molecular complexity index is 283. The summed E-state index contributed by atoms with van der Waals surface area (Å²) in [5.41, 5.74) is 6.39. The van der Waals surface area contributed by atoms with E-state index in [-0.39, 0.29) is 5.91 Å². The number of anilines is 1. The van der Waals surface area contributed by atoms with Crippen molar-refractivity contribution in [1.82, 2.24) is 14.7 Å². The standard InChI is InChI=1S/C7H12N4O/c1-10(2)7(12)6-5(8)4-9-11(6)3/h4H,8H2,1-3H3. The molecule has 0 radical (unpaired) electrons. The van der Waals surface area contributed by atoms with Gasteiger partial charge in [0.2, 0.25) is 0 Å². The van der Waals surface area contributed by atoms with Crippen LogP contribution in [0.5, 0.6) is 0 Å². The maximum absolute atomic E-state index is 11.4. The number of nitrogens with two attached hydrogens (primary N) is 1. The van der Waals surface area contributed by atoms with E-state index in [1.807, 2.05) is 0 Å². The van der Waals surface area contributed by atoms with Crippen molar-refractivity contribution in [1.29, 1.82) is 0 Å². The molecule has 0 saturated carbocycles. The highest BCUT2D eigenvalue weighted by Gasteiger charge is 2.15. The van der Waals surface area contributed by atoms with Crippen LogP contribution < -0.4 is 5.73 Å². The fraction of sp³-hybridized carbons (Fsp3) is 0.429. The average molecular weight is 168 g/mol. The summed E-state index contributed by atoms with van der Waals surface area (Å²) in [7, 11) is 5.04. The lowest BCUT2D eigenvalue weighted by Crippen LogP contribution is -2.25. The Kier molecular flexibility index (Phi) is 2.03. The molecule has 66 valence electrons. The molecule has 12 heavy (non-hydrogen) atoms. The number of carbonyl (C=O) groups is 1. The lowest BCUT2D eigenvalue weighted by atomic mass is 10.3. The third kappa shape index (κ3) is 1.25. The van der Waals surface area contributed by atoms with Crippen LogP contribution in [0.3, 0.4) is 0 Å². The summed E-state index contributed by atoms with van der Waals surface area (Å²) < 4.78 is 1.47. The zero-order chi connectivity index (χ0) is 9.30. The van der Waals surface area contributed by atoms with Crippen molar-refractivity contribution in [3.8, 4) is 0 Å². The van der Waals surface area contributed by atoms with Gasteiger partial charge in [0.1, 0.15) is 5.69 Å². The first-order valence-corrected chi connectivity index (χ1v) is 3.53. The van der Waals surface area contributed by atoms with Gasteiger partial charge in [-0.25, -0.2) is 0 Å². The number of aryl methyl sites for hydroxylation is 1. The number of nitrogens with zero attached hydrogens (tertiary/aromatic N) is 3. The number of amides is 1. The Morgan fingerprint density at radius 2 is 2.25 bits per heavy atom. The molecule has 0 spiro atoms. The largest absolute Gasteiger partial charge is 0.396 e. The molecule has 0 aliphatic carbocycles. The maximum atomic E-state index is 11.4. The number of hydrogen-bond donors (Lipinski definition) is 1. The van der Waals surface area contributed by atoms with E-state index in [0.29, 0.717) is 11.4 Å². The molecule has 2 N–H and O–H groups in total. The quantitative estimate of drug-likeness (QED) is 0.626. The van der Waals surface area contributed by atoms with E-state index >= 15 is 0 Å². The predicted octanol–water partition coefficient (Wildman–Crippen LogP) is -0.296. The summed E-state index contributed by atoms with van der Waals surface area (Å²) in [6.45, 7) is 0. The zero-order valence-corrected chi connectivity index (χ0v) is 7.40. The van der Waals surface area contributed by atoms with E-state index in [2.05, 4.69) is 5.10 Å². The molecular formula is C7H12N4O. The molecule has 0 atom stereocenters. The highest BCUT2D eigenvalue weighted by Crippen LogP contribution is 2.10. The van der Waals surface area contributed by atoms with Crippen molar-refractivity contribution in [3.63, 3.8) is 0 Å². The van der Waals surface area contributed by atoms with Crippen LogP contribution in [0.4, 0.5) is 5.69 Å². The van der Waals surface area contributed by atoms with E-state index in [0.717, 1.165) is 0 Å². The Morgan fingerprint density at radius 3 is 2.58 bits per heavy atom. The minimum Gasteiger partial charge on any atom is -0.396 e. The van der Waals surface area contributed by atoms with Crippen LogP contribution in [0.1, 0.15) is 10.5 Å². The topological polar surface area (TPSA) is 64.2 Å². The van der Waals surface area contributed by atoms with Crippen molar-refractivity contribution >= 4 is 11.6 Å². The SMILES string of the molecule is CN(C)C(=O)c1c(N)cnn1C. The summed E-state index contributed by atoms with van der Waals surface area (Å²) in [5.74, 6) is -0.132. The van der Waals surface area contributed by atoms with Gasteiger partial charge in [-0.05, 0) is 0 Å². The third-order valence-corrected chi connectivity index (χ3v) is 1.58. The van der Waals surface area contributed by atoms with Crippen molar-refractivity contribution in [2.24, 2.45) is 7.05 Å². The lowest BCUT2D eigenvalue weighted by molar-refractivity contribution is 0.0818. The van der Waals surface area contributed by atoms with Crippen LogP contribution in [-0.2, 0) is 7.05 Å². The molecule has 0 unspecified atom stereocenters. The first-order chi connectivity index (χ1) is 5.54. The first kappa shape index (κ1) is 8.58. The second kappa shape index (κ2) is 2.84. The van der Waals surface area contributed by atoms with Crippen LogP contribution in [0.15, 0.2) is 6.20 Å². The minimum atomic E-state index is -0.132. The number of carbonyl (C=O) groups excluding carboxylic acids is 1. The molecule has 5 nitrogen and oxygen atoms in total. The van der Waals surface area contributed by atoms with Gasteiger partial charge in [-0.2, -0.15) is 5.10 Å². The summed E-state index contributed by atoms with van der Waals surface area (Å²) in [4.78, 5) is 12.9. The molecule has 0 aliphatic heterocycles. The van der Waals surface area contributed by atoms with E-state index in [1.165, 1.54) is 15.8 Å². The highest BCUT2D eigenvalue weighted by atomic mass is 16.2. The second-order valence-electron chi connectivity index (χ2n) is 2.77. The Hall–Kier alpha value is -1.52. The fourth-order valence-corrected chi connectivity index (χ4v) is 0.928. The van der Waals surface area contributed by atoms with Gasteiger partial charge in [-0.15, -0.1) is 0 Å². The molecule has 0 aliphatic rings. The number of aromatic nitrogens is 2. The molecule has 1 heterocycles. The van der Waals surface area contributed by atoms with Crippen LogP contribution in [-0.4, -0.2) is 34.7 Å². The monoisotopic (exact) mass is 168 g/mol. The third-order valence-electron chi connectivity index (χ3n) is 1.58. The van der Waals surface area contributed by atoms with Gasteiger partial charge >= 0.3 is 0 Å². The second-order valence-corrected chi connectivity index (χ2v) is 2.77. The average Bonchev–Trinajstić information content (AvgIpc) is 2.30. The molecular weight excluding hydrogens is 156 g/mol. The Balaban J connectivity index is 3.09. The van der Waals surface area contributed by atoms with Crippen LogP contribution in [0.25, 0.3) is 0 Å². The summed E-state index contributed by atoms with van der Waals surface area (Å²) in [6, 6.07) is 0. The van der Waals surface area contributed by atoms with E-state index in [1.54, 1.807) is 21.1 Å². The smallest absolute Gasteiger partial charge is 0.273 e. The fourth-order valence-electron chi connectivity index (χ4n) is 0.928. The summed E-state index contributed by atoms with van der Waals surface area (Å²) in [6.07, 6.45) is 1.47. The van der Waals surface area contributed by atoms with Gasteiger partial charge in [0.25, 0.3) is 5.91 Å². The van der Waals surface area contributed by atoms with Gasteiger partial charge < -0.3 is 10.6 Å². The molecule has 1 rings (SSSR count). The van der Waals surface area contributed by atoms with Gasteiger partial charge in [-0.1, -0.05) is 0 Å². The minimum absolute atomic E-state index is 0.132. The molecule has 0 fully saturated rings. The van der Waals surface area contributed by atoms with Crippen LogP contribution in [0, 0.1) is 0 Å². The molecule has 5 heteroatoms. The molecule has 1 aromatic rings. The Morgan fingerprint density at radius 1 is 1.67 bits per heavy atom. The van der Waals surface area contributed by atoms with Gasteiger partial charge in [0, 0.05) is 21.1 Å². The molecule has 1 amide bonds. The van der Waals surface area contributed by atoms with E-state index < -0.39 is 0 Å². The number of rotatable bonds is 1. The van der Waals surface area contributed by atoms with E-state index in [4.69, 9.17) is 5.73 Å². The summed E-state index contributed by atoms with van der Waals surface area (Å²) >= 11 is 0. The highest BCUT2D eigenvalue weighted by molar-refractivity contribution is 5.96. The van der Waals surface area contributed by atoms with Crippen LogP contribution >= 0.6 is 0 Å². The van der Waals surface area contributed by atoms with E-state index in [9.17, 15) is 4.79 Å². The normalized spacial score (nSPS) is 9.92. The Labute approximate surface area is 70.8 Å².